The van der Waals surface area contributed by atoms with E-state index >= 15 is 0 Å². The van der Waals surface area contributed by atoms with Gasteiger partial charge in [0.05, 0.1) is 28.1 Å². The van der Waals surface area contributed by atoms with E-state index in [1.165, 1.54) is 5.56 Å². The van der Waals surface area contributed by atoms with E-state index in [0.717, 1.165) is 89.7 Å². The highest BCUT2D eigenvalue weighted by atomic mass is 16.5. The Hall–Kier alpha value is -7.89. The van der Waals surface area contributed by atoms with Gasteiger partial charge < -0.3 is 14.5 Å². The van der Waals surface area contributed by atoms with Crippen molar-refractivity contribution in [2.75, 3.05) is 16.5 Å². The van der Waals surface area contributed by atoms with E-state index in [1.54, 1.807) is 12.1 Å². The Balaban J connectivity index is 0.963. The minimum Gasteiger partial charge on any atom is -0.457 e. The summed E-state index contributed by atoms with van der Waals surface area (Å²) in [6.45, 7) is 5.01. The number of fused-ring (bicyclic) bond motifs is 4. The van der Waals surface area contributed by atoms with Crippen LogP contribution in [-0.2, 0) is 5.41 Å². The average molecular weight is 832 g/mol. The van der Waals surface area contributed by atoms with E-state index in [4.69, 9.17) is 13.8 Å². The van der Waals surface area contributed by atoms with Crippen molar-refractivity contribution in [3.8, 4) is 50.7 Å². The molecule has 310 valence electrons. The summed E-state index contributed by atoms with van der Waals surface area (Å²) in [5.41, 5.74) is 13.8. The van der Waals surface area contributed by atoms with Crippen molar-refractivity contribution in [3.05, 3.63) is 218 Å². The Bertz CT molecular complexity index is 3460. The number of ether oxygens (including phenoxy) is 1. The first kappa shape index (κ1) is 35.7. The first-order valence-electron chi connectivity index (χ1n) is 23.3. The number of para-hydroxylation sites is 4. The first-order chi connectivity index (χ1) is 32.5. The third-order valence-corrected chi connectivity index (χ3v) is 12.4. The van der Waals surface area contributed by atoms with Crippen molar-refractivity contribution in [1.29, 1.82) is 0 Å². The zero-order valence-corrected chi connectivity index (χ0v) is 36.0. The van der Waals surface area contributed by atoms with Crippen LogP contribution in [0.5, 0.6) is 11.5 Å². The molecule has 10 aromatic rings. The van der Waals surface area contributed by atoms with E-state index in [9.17, 15) is 0 Å². The van der Waals surface area contributed by atoms with Crippen LogP contribution in [0, 0.1) is 6.85 Å². The van der Waals surface area contributed by atoms with E-state index in [1.807, 2.05) is 42.6 Å². The van der Waals surface area contributed by atoms with Crippen LogP contribution >= 0.6 is 0 Å². The molecule has 0 N–H and O–H groups in total. The van der Waals surface area contributed by atoms with Gasteiger partial charge in [0.15, 0.2) is 0 Å². The second kappa shape index (κ2) is 15.8. The van der Waals surface area contributed by atoms with Gasteiger partial charge in [-0.05, 0) is 100 Å². The Morgan fingerprint density at radius 3 is 1.92 bits per heavy atom. The standard InChI is InChI=1S/C59H48N4O/c1-40-16-8-9-21-48(40)42-28-30-43(31-29-42)50-24-15-23-49(41-17-6-5-7-18-41)58(50)62-39-61(54-26-12-13-27-55(54)62)45-19-14-20-46(37-45)64-47-32-33-52-51-22-10-11-25-53(51)63(56(52)38-47)57-36-44(34-35-60-57)59(2,3)4/h5-38H,39H2,1-4H3/i1D3. The van der Waals surface area contributed by atoms with E-state index in [0.29, 0.717) is 17.8 Å². The predicted octanol–water partition coefficient (Wildman–Crippen LogP) is 15.8. The van der Waals surface area contributed by atoms with Crippen molar-refractivity contribution < 1.29 is 8.85 Å². The molecule has 11 rings (SSSR count). The highest BCUT2D eigenvalue weighted by Crippen LogP contribution is 2.50. The molecule has 0 amide bonds. The quantitative estimate of drug-likeness (QED) is 0.153. The number of benzene rings is 8. The summed E-state index contributed by atoms with van der Waals surface area (Å²) in [5.74, 6) is 2.34. The van der Waals surface area contributed by atoms with Crippen LogP contribution in [0.4, 0.5) is 22.7 Å². The number of hydrogen-bond acceptors (Lipinski definition) is 4. The second-order valence-electron chi connectivity index (χ2n) is 17.5. The summed E-state index contributed by atoms with van der Waals surface area (Å²) in [6, 6.07) is 68.6. The molecule has 64 heavy (non-hydrogen) atoms. The molecule has 0 spiro atoms. The molecular formula is C59H48N4O. The maximum absolute atomic E-state index is 8.18. The molecule has 1 aliphatic rings. The third-order valence-electron chi connectivity index (χ3n) is 12.4. The molecule has 0 radical (unpaired) electrons. The van der Waals surface area contributed by atoms with Crippen LogP contribution in [0.25, 0.3) is 61.0 Å². The summed E-state index contributed by atoms with van der Waals surface area (Å²) in [4.78, 5) is 9.63. The largest absolute Gasteiger partial charge is 0.457 e. The van der Waals surface area contributed by atoms with Crippen LogP contribution in [0.3, 0.4) is 0 Å². The number of aryl methyl sites for hydroxylation is 1. The minimum atomic E-state index is -2.22. The highest BCUT2D eigenvalue weighted by Gasteiger charge is 2.31. The van der Waals surface area contributed by atoms with Gasteiger partial charge in [-0.25, -0.2) is 4.98 Å². The zero-order valence-electron chi connectivity index (χ0n) is 39.0. The van der Waals surface area contributed by atoms with Crippen molar-refractivity contribution in [2.45, 2.75) is 33.0 Å². The zero-order chi connectivity index (χ0) is 45.9. The number of anilines is 4. The van der Waals surface area contributed by atoms with E-state index in [2.05, 4.69) is 187 Å². The Kier molecular flexibility index (Phi) is 8.80. The molecule has 3 heterocycles. The lowest BCUT2D eigenvalue weighted by molar-refractivity contribution is 0.483. The fourth-order valence-corrected chi connectivity index (χ4v) is 9.23. The molecule has 0 saturated carbocycles. The smallest absolute Gasteiger partial charge is 0.137 e. The number of pyridine rings is 1. The lowest BCUT2D eigenvalue weighted by Gasteiger charge is -2.27. The van der Waals surface area contributed by atoms with Crippen LogP contribution in [0.2, 0.25) is 0 Å². The summed E-state index contributed by atoms with van der Waals surface area (Å²) in [7, 11) is 0. The fraction of sp³-hybridized carbons (Fsp3) is 0.102. The van der Waals surface area contributed by atoms with Crippen molar-refractivity contribution in [2.24, 2.45) is 0 Å². The summed E-state index contributed by atoms with van der Waals surface area (Å²) < 4.78 is 33.6. The highest BCUT2D eigenvalue weighted by molar-refractivity contribution is 6.09. The van der Waals surface area contributed by atoms with Crippen molar-refractivity contribution in [1.82, 2.24) is 9.55 Å². The van der Waals surface area contributed by atoms with Crippen LogP contribution in [0.15, 0.2) is 206 Å². The molecule has 2 aromatic heterocycles. The molecule has 0 atom stereocenters. The fourth-order valence-electron chi connectivity index (χ4n) is 9.23. The predicted molar refractivity (Wildman–Crippen MR) is 267 cm³/mol. The molecule has 0 bridgehead atoms. The Morgan fingerprint density at radius 2 is 1.14 bits per heavy atom. The summed E-state index contributed by atoms with van der Waals surface area (Å²) in [6.07, 6.45) is 1.91. The molecule has 0 unspecified atom stereocenters. The first-order valence-corrected chi connectivity index (χ1v) is 21.8. The minimum absolute atomic E-state index is 0.0260. The Labute approximate surface area is 379 Å². The lowest BCUT2D eigenvalue weighted by atomic mass is 9.88. The maximum atomic E-state index is 8.18. The normalized spacial score (nSPS) is 13.5. The van der Waals surface area contributed by atoms with Crippen LogP contribution in [0.1, 0.15) is 36.0 Å². The molecule has 1 aliphatic heterocycles. The van der Waals surface area contributed by atoms with E-state index < -0.39 is 6.85 Å². The van der Waals surface area contributed by atoms with Gasteiger partial charge >= 0.3 is 0 Å². The van der Waals surface area contributed by atoms with Gasteiger partial charge in [-0.1, -0.05) is 154 Å². The topological polar surface area (TPSA) is 33.5 Å². The van der Waals surface area contributed by atoms with Gasteiger partial charge in [0.1, 0.15) is 24.0 Å². The van der Waals surface area contributed by atoms with Crippen LogP contribution in [-0.4, -0.2) is 16.2 Å². The molecule has 0 aliphatic carbocycles. The number of hydrogen-bond donors (Lipinski definition) is 0. The second-order valence-corrected chi connectivity index (χ2v) is 17.5. The van der Waals surface area contributed by atoms with Gasteiger partial charge in [0, 0.05) is 50.0 Å². The summed E-state index contributed by atoms with van der Waals surface area (Å²) in [5, 5.41) is 2.30. The van der Waals surface area contributed by atoms with Gasteiger partial charge in [0.25, 0.3) is 0 Å². The maximum Gasteiger partial charge on any atom is 0.137 e. The van der Waals surface area contributed by atoms with E-state index in [-0.39, 0.29) is 5.41 Å². The Morgan fingerprint density at radius 1 is 0.516 bits per heavy atom. The lowest BCUT2D eigenvalue weighted by Crippen LogP contribution is -2.25. The average Bonchev–Trinajstić information content (AvgIpc) is 3.90. The molecule has 0 saturated heterocycles. The SMILES string of the molecule is [2H]C([2H])([2H])c1ccccc1-c1ccc(-c2cccc(-c3ccccc3)c2N2CN(c3cccc(Oc4ccc5c6ccccc6n(-c6cc(C(C)(C)C)ccn6)c5c4)c3)c3ccccc32)cc1. The molecular weight excluding hydrogens is 781 g/mol. The number of nitrogens with zero attached hydrogens (tertiary/aromatic N) is 4. The van der Waals surface area contributed by atoms with Crippen molar-refractivity contribution >= 4 is 44.6 Å². The van der Waals surface area contributed by atoms with Gasteiger partial charge in [-0.15, -0.1) is 0 Å². The van der Waals surface area contributed by atoms with Gasteiger partial charge in [-0.2, -0.15) is 0 Å². The van der Waals surface area contributed by atoms with Crippen LogP contribution < -0.4 is 14.5 Å². The number of aromatic nitrogens is 2. The molecule has 5 nitrogen and oxygen atoms in total. The number of rotatable bonds is 8. The molecule has 0 fully saturated rings. The van der Waals surface area contributed by atoms with Crippen molar-refractivity contribution in [3.63, 3.8) is 0 Å². The monoisotopic (exact) mass is 831 g/mol. The third kappa shape index (κ3) is 6.96. The summed E-state index contributed by atoms with van der Waals surface area (Å²) >= 11 is 0. The van der Waals surface area contributed by atoms with Gasteiger partial charge in [0.2, 0.25) is 0 Å². The molecule has 8 aromatic carbocycles. The van der Waals surface area contributed by atoms with Gasteiger partial charge in [-0.3, -0.25) is 4.57 Å². The molecule has 5 heteroatoms.